The number of hydrogen-bond donors (Lipinski definition) is 3. The molecule has 0 saturated carbocycles. The van der Waals surface area contributed by atoms with E-state index < -0.39 is 39.0 Å². The molecule has 3 N–H and O–H groups in total. The average Bonchev–Trinajstić information content (AvgIpc) is 2.99. The van der Waals surface area contributed by atoms with Crippen molar-refractivity contribution in [2.24, 2.45) is 5.92 Å². The summed E-state index contributed by atoms with van der Waals surface area (Å²) in [6.07, 6.45) is 4.24. The summed E-state index contributed by atoms with van der Waals surface area (Å²) >= 11 is 0. The zero-order valence-corrected chi connectivity index (χ0v) is 27.7. The Bertz CT molecular complexity index is 1600. The molecule has 3 atom stereocenters. The first-order valence-corrected chi connectivity index (χ1v) is 16.9. The normalized spacial score (nSPS) is 22.3. The highest BCUT2D eigenvalue weighted by atomic mass is 32.2. The van der Waals surface area contributed by atoms with Gasteiger partial charge in [-0.25, -0.2) is 13.4 Å². The highest BCUT2D eigenvalue weighted by Gasteiger charge is 2.41. The standard InChI is InChI=1S/C31H42F3N7O4S/c1-7-41-14-8-9-23(19-41)37-28(42)21-11-13-25(26(15-21)45-5)38-29-36-18-24(31(32,33)34)27(39-29)35-17-22-12-10-20(2)16-30(22,3)40(4)46(6,43)44/h10-13,15-16,18,22-23H,7-9,14,17,19H2,1-6H3,(H,37,42)(H2,35,36,38,39). The number of carbonyl (C=O) groups is 1. The molecule has 4 rings (SSSR count). The molecule has 3 unspecified atom stereocenters. The number of sulfonamides is 1. The van der Waals surface area contributed by atoms with Crippen LogP contribution in [-0.4, -0.2) is 91.7 Å². The van der Waals surface area contributed by atoms with E-state index in [0.29, 0.717) is 17.4 Å². The number of aromatic nitrogens is 2. The SMILES string of the molecule is CCN1CCCC(NC(=O)c2ccc(Nc3ncc(C(F)(F)F)c(NCC4C=CC(C)=CC4(C)N(C)S(C)(=O)=O)n3)c(OC)c2)C1. The second-order valence-corrected chi connectivity index (χ2v) is 13.9. The highest BCUT2D eigenvalue weighted by Crippen LogP contribution is 2.37. The fourth-order valence-electron chi connectivity index (χ4n) is 5.81. The quantitative estimate of drug-likeness (QED) is 0.314. The number of amides is 1. The van der Waals surface area contributed by atoms with Gasteiger partial charge in [0.2, 0.25) is 16.0 Å². The summed E-state index contributed by atoms with van der Waals surface area (Å²) in [5.41, 5.74) is -0.574. The highest BCUT2D eigenvalue weighted by molar-refractivity contribution is 7.88. The summed E-state index contributed by atoms with van der Waals surface area (Å²) in [4.78, 5) is 23.3. The molecule has 2 heterocycles. The number of allylic oxidation sites excluding steroid dienone is 2. The summed E-state index contributed by atoms with van der Waals surface area (Å²) in [7, 11) is -0.767. The minimum atomic E-state index is -4.76. The Hall–Kier alpha value is -3.69. The van der Waals surface area contributed by atoms with E-state index in [1.54, 1.807) is 43.4 Å². The molecule has 1 aliphatic heterocycles. The predicted octanol–water partition coefficient (Wildman–Crippen LogP) is 4.66. The number of carbonyl (C=O) groups excluding carboxylic acids is 1. The monoisotopic (exact) mass is 665 g/mol. The molecule has 2 aliphatic rings. The van der Waals surface area contributed by atoms with E-state index in [1.165, 1.54) is 18.5 Å². The van der Waals surface area contributed by atoms with Gasteiger partial charge in [-0.2, -0.15) is 22.5 Å². The summed E-state index contributed by atoms with van der Waals surface area (Å²) in [5, 5.41) is 8.76. The number of likely N-dealkylation sites (tertiary alicyclic amines) is 1. The van der Waals surface area contributed by atoms with Gasteiger partial charge >= 0.3 is 6.18 Å². The summed E-state index contributed by atoms with van der Waals surface area (Å²) in [5.74, 6) is -1.11. The maximum Gasteiger partial charge on any atom is 0.421 e. The van der Waals surface area contributed by atoms with Crippen LogP contribution in [0, 0.1) is 5.92 Å². The number of alkyl halides is 3. The molecule has 46 heavy (non-hydrogen) atoms. The van der Waals surface area contributed by atoms with E-state index in [0.717, 1.165) is 44.3 Å². The number of rotatable bonds is 11. The number of halogens is 3. The molecular formula is C31H42F3N7O4S. The van der Waals surface area contributed by atoms with Gasteiger partial charge in [0.15, 0.2) is 0 Å². The van der Waals surface area contributed by atoms with Crippen molar-refractivity contribution in [2.45, 2.75) is 51.4 Å². The lowest BCUT2D eigenvalue weighted by molar-refractivity contribution is -0.137. The van der Waals surface area contributed by atoms with Gasteiger partial charge in [0.25, 0.3) is 5.91 Å². The van der Waals surface area contributed by atoms with Crippen LogP contribution in [0.2, 0.25) is 0 Å². The maximum atomic E-state index is 14.0. The van der Waals surface area contributed by atoms with E-state index >= 15 is 0 Å². The van der Waals surface area contributed by atoms with Crippen LogP contribution in [0.1, 0.15) is 49.5 Å². The van der Waals surface area contributed by atoms with Crippen molar-refractivity contribution < 1.29 is 31.1 Å². The van der Waals surface area contributed by atoms with Crippen LogP contribution in [0.4, 0.5) is 30.6 Å². The number of nitrogens with one attached hydrogen (secondary N) is 3. The Kier molecular flexibility index (Phi) is 10.7. The molecular weight excluding hydrogens is 623 g/mol. The molecule has 2 aromatic rings. The fourth-order valence-corrected chi connectivity index (χ4v) is 6.71. The molecule has 252 valence electrons. The molecule has 1 aromatic heterocycles. The number of piperidine rings is 1. The number of ether oxygens (including phenoxy) is 1. The van der Waals surface area contributed by atoms with Crippen LogP contribution in [-0.2, 0) is 16.2 Å². The number of benzene rings is 1. The van der Waals surface area contributed by atoms with Crippen molar-refractivity contribution in [1.29, 1.82) is 0 Å². The smallest absolute Gasteiger partial charge is 0.421 e. The van der Waals surface area contributed by atoms with Crippen LogP contribution in [0.3, 0.4) is 0 Å². The van der Waals surface area contributed by atoms with Gasteiger partial charge in [-0.05, 0) is 58.0 Å². The Morgan fingerprint density at radius 2 is 2.02 bits per heavy atom. The Balaban J connectivity index is 1.55. The summed E-state index contributed by atoms with van der Waals surface area (Å²) in [6, 6.07) is 4.75. The van der Waals surface area contributed by atoms with E-state index in [2.05, 4.69) is 37.7 Å². The zero-order valence-electron chi connectivity index (χ0n) is 26.9. The van der Waals surface area contributed by atoms with Gasteiger partial charge in [0.1, 0.15) is 17.1 Å². The Morgan fingerprint density at radius 3 is 2.67 bits per heavy atom. The van der Waals surface area contributed by atoms with Crippen LogP contribution in [0.5, 0.6) is 5.75 Å². The third-order valence-corrected chi connectivity index (χ3v) is 10.0. The average molecular weight is 666 g/mol. The molecule has 0 radical (unpaired) electrons. The molecule has 1 aromatic carbocycles. The second-order valence-electron chi connectivity index (χ2n) is 11.9. The first-order valence-electron chi connectivity index (χ1n) is 15.0. The lowest BCUT2D eigenvalue weighted by atomic mass is 9.80. The lowest BCUT2D eigenvalue weighted by Crippen LogP contribution is -2.53. The molecule has 1 aliphatic carbocycles. The van der Waals surface area contributed by atoms with Gasteiger partial charge in [-0.15, -0.1) is 0 Å². The van der Waals surface area contributed by atoms with Crippen molar-refractivity contribution >= 4 is 33.4 Å². The Labute approximate surface area is 268 Å². The largest absolute Gasteiger partial charge is 0.495 e. The number of hydrogen-bond acceptors (Lipinski definition) is 9. The minimum absolute atomic E-state index is 0.0326. The first kappa shape index (κ1) is 35.2. The number of likely N-dealkylation sites (N-methyl/N-ethyl adjacent to an activating group) is 2. The number of anilines is 3. The van der Waals surface area contributed by atoms with E-state index in [-0.39, 0.29) is 30.2 Å². The maximum absolute atomic E-state index is 14.0. The van der Waals surface area contributed by atoms with Gasteiger partial charge in [-0.3, -0.25) is 4.79 Å². The van der Waals surface area contributed by atoms with Crippen LogP contribution in [0.15, 0.2) is 48.2 Å². The topological polar surface area (TPSA) is 129 Å². The molecule has 0 bridgehead atoms. The third kappa shape index (κ3) is 8.17. The van der Waals surface area contributed by atoms with E-state index in [4.69, 9.17) is 4.74 Å². The molecule has 0 spiro atoms. The van der Waals surface area contributed by atoms with Crippen molar-refractivity contribution in [3.63, 3.8) is 0 Å². The summed E-state index contributed by atoms with van der Waals surface area (Å²) in [6.45, 7) is 8.27. The van der Waals surface area contributed by atoms with Crippen LogP contribution in [0.25, 0.3) is 0 Å². The van der Waals surface area contributed by atoms with Crippen molar-refractivity contribution in [1.82, 2.24) is 24.5 Å². The van der Waals surface area contributed by atoms with Crippen LogP contribution < -0.4 is 20.7 Å². The molecule has 1 amide bonds. The van der Waals surface area contributed by atoms with Gasteiger partial charge in [0.05, 0.1) is 24.6 Å². The molecule has 15 heteroatoms. The number of nitrogens with zero attached hydrogens (tertiary/aromatic N) is 4. The minimum Gasteiger partial charge on any atom is -0.495 e. The van der Waals surface area contributed by atoms with E-state index in [9.17, 15) is 26.4 Å². The summed E-state index contributed by atoms with van der Waals surface area (Å²) < 4.78 is 73.5. The van der Waals surface area contributed by atoms with Gasteiger partial charge in [0, 0.05) is 43.9 Å². The second kappa shape index (κ2) is 14.0. The number of methoxy groups -OCH3 is 1. The molecule has 11 nitrogen and oxygen atoms in total. The first-order chi connectivity index (χ1) is 21.5. The van der Waals surface area contributed by atoms with Crippen LogP contribution >= 0.6 is 0 Å². The van der Waals surface area contributed by atoms with Crippen molar-refractivity contribution in [3.05, 3.63) is 59.3 Å². The van der Waals surface area contributed by atoms with Gasteiger partial charge in [-0.1, -0.05) is 30.7 Å². The van der Waals surface area contributed by atoms with Crippen molar-refractivity contribution in [2.75, 3.05) is 57.2 Å². The van der Waals surface area contributed by atoms with E-state index in [1.807, 2.05) is 6.92 Å². The third-order valence-electron chi connectivity index (χ3n) is 8.62. The molecule has 1 fully saturated rings. The fraction of sp³-hybridized carbons (Fsp3) is 0.516. The van der Waals surface area contributed by atoms with Gasteiger partial charge < -0.3 is 25.6 Å². The Morgan fingerprint density at radius 1 is 1.28 bits per heavy atom. The van der Waals surface area contributed by atoms with Crippen molar-refractivity contribution in [3.8, 4) is 5.75 Å². The lowest BCUT2D eigenvalue weighted by Gasteiger charge is -2.42. The molecule has 1 saturated heterocycles. The zero-order chi connectivity index (χ0) is 33.9. The predicted molar refractivity (Wildman–Crippen MR) is 172 cm³/mol.